The van der Waals surface area contributed by atoms with Crippen molar-refractivity contribution in [3.05, 3.63) is 47.2 Å². The van der Waals surface area contributed by atoms with Gasteiger partial charge >= 0.3 is 0 Å². The molecule has 0 aliphatic heterocycles. The van der Waals surface area contributed by atoms with Crippen LogP contribution < -0.4 is 0 Å². The third-order valence-corrected chi connectivity index (χ3v) is 2.24. The van der Waals surface area contributed by atoms with Crippen molar-refractivity contribution in [2.24, 2.45) is 0 Å². The molecule has 0 heterocycles. The van der Waals surface area contributed by atoms with Crippen molar-refractivity contribution in [2.45, 2.75) is 0 Å². The zero-order chi connectivity index (χ0) is 17.1. The fourth-order valence-corrected chi connectivity index (χ4v) is 1.32. The summed E-state index contributed by atoms with van der Waals surface area (Å²) < 4.78 is 148. The molecule has 0 aliphatic carbocycles. The molecule has 0 radical (unpaired) electrons. The lowest BCUT2D eigenvalue weighted by atomic mass is 9.21. The minimum Gasteiger partial charge on any atom is -0.251 e. The molecule has 0 rings (SSSR count). The zero-order valence-electron chi connectivity index (χ0n) is 9.11. The van der Waals surface area contributed by atoms with Crippen LogP contribution in [-0.2, 0) is 0 Å². The Labute approximate surface area is 107 Å². The Balaban J connectivity index is 7.21. The summed E-state index contributed by atoms with van der Waals surface area (Å²) in [6, 6.07) is 0. The number of halogens is 12. The van der Waals surface area contributed by atoms with E-state index in [0.717, 1.165) is 0 Å². The summed E-state index contributed by atoms with van der Waals surface area (Å²) in [6.45, 7) is 0. The first-order valence-electron chi connectivity index (χ1n) is 4.42. The maximum Gasteiger partial charge on any atom is 0.263 e. The highest BCUT2D eigenvalue weighted by atomic mass is 19.3. The van der Waals surface area contributed by atoms with E-state index in [9.17, 15) is 52.7 Å². The Bertz CT molecular complexity index is 438. The summed E-state index contributed by atoms with van der Waals surface area (Å²) in [4.78, 5) is 0. The average Bonchev–Trinajstić information content (AvgIpc) is 2.37. The van der Waals surface area contributed by atoms with Gasteiger partial charge in [0.2, 0.25) is 0 Å². The van der Waals surface area contributed by atoms with Gasteiger partial charge < -0.3 is 0 Å². The lowest BCUT2D eigenvalue weighted by Crippen LogP contribution is -2.42. The van der Waals surface area contributed by atoms with Gasteiger partial charge in [0.05, 0.1) is 0 Å². The highest BCUT2D eigenvalue weighted by Gasteiger charge is 2.51. The number of hydrogen-bond donors (Lipinski definition) is 0. The van der Waals surface area contributed by atoms with E-state index in [4.69, 9.17) is 0 Å². The van der Waals surface area contributed by atoms with E-state index in [-0.39, 0.29) is 0 Å². The third-order valence-electron chi connectivity index (χ3n) is 2.24. The number of rotatable bonds is 4. The second kappa shape index (κ2) is 6.76. The quantitative estimate of drug-likeness (QED) is 0.443. The minimum absolute atomic E-state index is 3.86. The highest BCUT2D eigenvalue weighted by molar-refractivity contribution is 7.02. The minimum atomic E-state index is -6.57. The third kappa shape index (κ3) is 3.27. The van der Waals surface area contributed by atoms with Gasteiger partial charge in [0.1, 0.15) is 0 Å². The monoisotopic (exact) mass is 335 g/mol. The first-order chi connectivity index (χ1) is 9.42. The first-order valence-corrected chi connectivity index (χ1v) is 4.42. The van der Waals surface area contributed by atoms with Crippen LogP contribution in [0, 0.1) is 0 Å². The molecule has 0 spiro atoms. The van der Waals surface area contributed by atoms with E-state index in [1.165, 1.54) is 0 Å². The largest absolute Gasteiger partial charge is 0.263 e. The van der Waals surface area contributed by atoms with Gasteiger partial charge in [-0.2, -0.15) is 35.1 Å². The van der Waals surface area contributed by atoms with Crippen LogP contribution in [0.4, 0.5) is 52.7 Å². The van der Waals surface area contributed by atoms with E-state index in [1.807, 2.05) is 0 Å². The molecule has 0 N–H and O–H groups in total. The molecule has 0 atom stereocenters. The fraction of sp³-hybridized carbons (Fsp3) is 0. The van der Waals surface area contributed by atoms with Crippen molar-refractivity contribution in [3.8, 4) is 0 Å². The van der Waals surface area contributed by atoms with Crippen LogP contribution in [0.1, 0.15) is 0 Å². The second-order valence-corrected chi connectivity index (χ2v) is 3.30. The second-order valence-electron chi connectivity index (χ2n) is 3.30. The van der Waals surface area contributed by atoms with Crippen molar-refractivity contribution >= 4 is 6.15 Å². The topological polar surface area (TPSA) is 0 Å². The molecular formula is C8BF12-. The normalized spacial score (nSPS) is 10.9. The molecule has 0 aromatic heterocycles. The molecule has 0 saturated heterocycles. The summed E-state index contributed by atoms with van der Waals surface area (Å²) in [5, 5.41) is 0. The standard InChI is InChI=1S/C8BF12/c10-1(5(14)15)9(2(11)6(16)17,3(12)7(18)19)4(13)8(20)21/q-1. The Morgan fingerprint density at radius 3 is 0.571 bits per heavy atom. The average molecular weight is 335 g/mol. The summed E-state index contributed by atoms with van der Waals surface area (Å²) in [5.41, 5.74) is -15.5. The molecule has 0 saturated carbocycles. The Kier molecular flexibility index (Phi) is 6.18. The van der Waals surface area contributed by atoms with E-state index >= 15 is 0 Å². The van der Waals surface area contributed by atoms with Gasteiger partial charge in [0.15, 0.2) is 0 Å². The Morgan fingerprint density at radius 2 is 0.476 bits per heavy atom. The predicted molar refractivity (Wildman–Crippen MR) is 47.2 cm³/mol. The summed E-state index contributed by atoms with van der Waals surface area (Å²) in [6.07, 6.45) is -22.4. The van der Waals surface area contributed by atoms with Gasteiger partial charge in [0.25, 0.3) is 30.5 Å². The summed E-state index contributed by atoms with van der Waals surface area (Å²) in [7, 11) is 0. The molecule has 0 aliphatic rings. The molecule has 0 aromatic rings. The first kappa shape index (κ1) is 19.2. The Morgan fingerprint density at radius 1 is 0.333 bits per heavy atom. The fourth-order valence-electron chi connectivity index (χ4n) is 1.32. The molecule has 0 amide bonds. The van der Waals surface area contributed by atoms with E-state index in [0.29, 0.717) is 0 Å². The maximum absolute atomic E-state index is 13.0. The molecule has 0 fully saturated rings. The van der Waals surface area contributed by atoms with Crippen LogP contribution in [0.2, 0.25) is 0 Å². The summed E-state index contributed by atoms with van der Waals surface area (Å²) in [5.74, 6) is 0. The van der Waals surface area contributed by atoms with Crippen molar-refractivity contribution in [1.29, 1.82) is 0 Å². The predicted octanol–water partition coefficient (Wildman–Crippen LogP) is 5.90. The summed E-state index contributed by atoms with van der Waals surface area (Å²) >= 11 is 0. The van der Waals surface area contributed by atoms with Gasteiger partial charge in [0, 0.05) is 22.9 Å². The van der Waals surface area contributed by atoms with Crippen LogP contribution in [-0.4, -0.2) is 6.15 Å². The van der Waals surface area contributed by atoms with Crippen LogP contribution in [0.15, 0.2) is 47.2 Å². The van der Waals surface area contributed by atoms with Crippen molar-refractivity contribution in [2.75, 3.05) is 0 Å². The molecule has 21 heavy (non-hydrogen) atoms. The van der Waals surface area contributed by atoms with Gasteiger partial charge in [-0.1, -0.05) is 0 Å². The SMILES string of the molecule is FC(F)=C(F)[B-](C(F)=C(F)F)(C(F)=C(F)F)C(F)=C(F)F. The molecular weight excluding hydrogens is 335 g/mol. The van der Waals surface area contributed by atoms with Crippen molar-refractivity contribution in [1.82, 2.24) is 0 Å². The van der Waals surface area contributed by atoms with Gasteiger partial charge in [-0.3, -0.25) is 17.6 Å². The molecule has 0 nitrogen and oxygen atoms in total. The van der Waals surface area contributed by atoms with E-state index < -0.39 is 53.4 Å². The maximum atomic E-state index is 13.0. The molecule has 13 heteroatoms. The van der Waals surface area contributed by atoms with Crippen LogP contribution in [0.5, 0.6) is 0 Å². The zero-order valence-corrected chi connectivity index (χ0v) is 9.11. The van der Waals surface area contributed by atoms with Crippen LogP contribution in [0.25, 0.3) is 0 Å². The molecule has 120 valence electrons. The number of hydrogen-bond acceptors (Lipinski definition) is 0. The lowest BCUT2D eigenvalue weighted by molar-refractivity contribution is 0.364. The van der Waals surface area contributed by atoms with Gasteiger partial charge in [-0.25, -0.2) is 0 Å². The lowest BCUT2D eigenvalue weighted by Gasteiger charge is -2.32. The highest BCUT2D eigenvalue weighted by Crippen LogP contribution is 2.46. The van der Waals surface area contributed by atoms with E-state index in [2.05, 4.69) is 0 Å². The molecule has 0 unspecified atom stereocenters. The van der Waals surface area contributed by atoms with Crippen LogP contribution >= 0.6 is 0 Å². The van der Waals surface area contributed by atoms with Crippen LogP contribution in [0.3, 0.4) is 0 Å². The smallest absolute Gasteiger partial charge is 0.251 e. The molecule has 0 aromatic carbocycles. The molecule has 0 bridgehead atoms. The van der Waals surface area contributed by atoms with Crippen molar-refractivity contribution < 1.29 is 52.7 Å². The van der Waals surface area contributed by atoms with Crippen molar-refractivity contribution in [3.63, 3.8) is 0 Å². The Hall–Kier alpha value is -1.82. The van der Waals surface area contributed by atoms with Gasteiger partial charge in [-0.05, 0) is 0 Å². The van der Waals surface area contributed by atoms with E-state index in [1.54, 1.807) is 0 Å². The van der Waals surface area contributed by atoms with Gasteiger partial charge in [-0.15, -0.1) is 0 Å².